The van der Waals surface area contributed by atoms with Gasteiger partial charge in [-0.1, -0.05) is 11.8 Å². The Kier molecular flexibility index (Phi) is 2.68. The smallest absolute Gasteiger partial charge is 0.210 e. The minimum absolute atomic E-state index is 0.337. The summed E-state index contributed by atoms with van der Waals surface area (Å²) in [6.07, 6.45) is 0. The molecule has 0 aromatic carbocycles. The Bertz CT molecular complexity index is 521. The minimum atomic E-state index is 0.337. The maximum atomic E-state index is 4.10. The highest BCUT2D eigenvalue weighted by Gasteiger charge is 2.23. The van der Waals surface area contributed by atoms with Crippen molar-refractivity contribution in [1.29, 1.82) is 0 Å². The Morgan fingerprint density at radius 2 is 2.38 bits per heavy atom. The Labute approximate surface area is 110 Å². The van der Waals surface area contributed by atoms with Crippen molar-refractivity contribution in [3.63, 3.8) is 0 Å². The van der Waals surface area contributed by atoms with E-state index in [9.17, 15) is 0 Å². The predicted molar refractivity (Wildman–Crippen MR) is 69.6 cm³/mol. The van der Waals surface area contributed by atoms with Crippen LogP contribution in [0.3, 0.4) is 0 Å². The quantitative estimate of drug-likeness (QED) is 0.878. The van der Waals surface area contributed by atoms with Gasteiger partial charge in [0.1, 0.15) is 5.82 Å². The van der Waals surface area contributed by atoms with Crippen LogP contribution in [-0.4, -0.2) is 20.6 Å². The van der Waals surface area contributed by atoms with Gasteiger partial charge in [0.15, 0.2) is 0 Å². The van der Waals surface area contributed by atoms with Crippen LogP contribution < -0.4 is 5.43 Å². The average Bonchev–Trinajstić information content (AvgIpc) is 2.86. The van der Waals surface area contributed by atoms with Gasteiger partial charge in [-0.25, -0.2) is 4.68 Å². The molecule has 1 atom stereocenters. The van der Waals surface area contributed by atoms with Gasteiger partial charge in [-0.05, 0) is 35.0 Å². The molecule has 1 aliphatic heterocycles. The number of halogens is 1. The van der Waals surface area contributed by atoms with Crippen LogP contribution >= 0.6 is 39.0 Å². The lowest BCUT2D eigenvalue weighted by Gasteiger charge is -2.24. The van der Waals surface area contributed by atoms with E-state index >= 15 is 0 Å². The molecular weight excluding hydrogens is 308 g/mol. The van der Waals surface area contributed by atoms with Gasteiger partial charge in [0.25, 0.3) is 0 Å². The second-order valence-electron chi connectivity index (χ2n) is 3.50. The number of aromatic nitrogens is 3. The minimum Gasteiger partial charge on any atom is -0.313 e. The summed E-state index contributed by atoms with van der Waals surface area (Å²) in [5.41, 5.74) is 3.44. The second kappa shape index (κ2) is 4.05. The number of hydrogen-bond donors (Lipinski definition) is 1. The lowest BCUT2D eigenvalue weighted by atomic mass is 10.3. The molecule has 1 N–H and O–H groups in total. The molecular formula is C9H9BrN4S2. The van der Waals surface area contributed by atoms with Crippen molar-refractivity contribution in [1.82, 2.24) is 14.9 Å². The molecule has 7 heteroatoms. The maximum absolute atomic E-state index is 4.10. The van der Waals surface area contributed by atoms with Crippen LogP contribution in [0.15, 0.2) is 21.1 Å². The number of nitrogens with one attached hydrogen (secondary N) is 1. The largest absolute Gasteiger partial charge is 0.313 e. The third kappa shape index (κ3) is 1.76. The van der Waals surface area contributed by atoms with E-state index in [4.69, 9.17) is 0 Å². The van der Waals surface area contributed by atoms with Crippen LogP contribution in [-0.2, 0) is 0 Å². The Balaban J connectivity index is 1.90. The summed E-state index contributed by atoms with van der Waals surface area (Å²) in [5.74, 6) is 1.90. The molecule has 3 rings (SSSR count). The van der Waals surface area contributed by atoms with E-state index in [2.05, 4.69) is 43.7 Å². The summed E-state index contributed by atoms with van der Waals surface area (Å²) in [4.78, 5) is 1.33. The van der Waals surface area contributed by atoms with E-state index in [-0.39, 0.29) is 0 Å². The number of thiophene rings is 1. The summed E-state index contributed by atoms with van der Waals surface area (Å²) in [6, 6.07) is 4.57. The van der Waals surface area contributed by atoms with Crippen molar-refractivity contribution in [3.05, 3.63) is 26.6 Å². The number of fused-ring (bicyclic) bond motifs is 1. The van der Waals surface area contributed by atoms with Crippen LogP contribution in [0.25, 0.3) is 0 Å². The fraction of sp³-hybridized carbons (Fsp3) is 0.333. The molecule has 1 unspecified atom stereocenters. The molecule has 0 bridgehead atoms. The fourth-order valence-corrected chi connectivity index (χ4v) is 4.15. The summed E-state index contributed by atoms with van der Waals surface area (Å²) in [7, 11) is 0. The third-order valence-electron chi connectivity index (χ3n) is 2.40. The molecule has 0 fully saturated rings. The molecule has 0 aliphatic carbocycles. The molecule has 0 amide bonds. The Morgan fingerprint density at radius 3 is 3.12 bits per heavy atom. The van der Waals surface area contributed by atoms with E-state index in [1.807, 2.05) is 11.6 Å². The van der Waals surface area contributed by atoms with Gasteiger partial charge in [0, 0.05) is 10.6 Å². The topological polar surface area (TPSA) is 42.7 Å². The van der Waals surface area contributed by atoms with Crippen molar-refractivity contribution < 1.29 is 0 Å². The first-order valence-corrected chi connectivity index (χ1v) is 7.40. The molecule has 1 aliphatic rings. The number of nitrogens with zero attached hydrogens (tertiary/aromatic N) is 3. The van der Waals surface area contributed by atoms with Gasteiger partial charge < -0.3 is 5.43 Å². The molecule has 0 saturated heterocycles. The summed E-state index contributed by atoms with van der Waals surface area (Å²) in [5, 5.41) is 9.10. The summed E-state index contributed by atoms with van der Waals surface area (Å²) < 4.78 is 3.13. The highest BCUT2D eigenvalue weighted by Crippen LogP contribution is 2.34. The van der Waals surface area contributed by atoms with Gasteiger partial charge in [0.2, 0.25) is 5.16 Å². The standard InChI is InChI=1S/C9H9BrN4S2/c1-5-11-12-9-14(5)13-6(4-15-9)7-2-3-8(10)16-7/h2-3,6,13H,4H2,1H3. The van der Waals surface area contributed by atoms with E-state index in [1.54, 1.807) is 23.1 Å². The first-order chi connectivity index (χ1) is 7.74. The first-order valence-electron chi connectivity index (χ1n) is 4.80. The fourth-order valence-electron chi connectivity index (χ4n) is 1.60. The van der Waals surface area contributed by atoms with Crippen LogP contribution in [0.4, 0.5) is 0 Å². The number of aryl methyl sites for hydroxylation is 1. The molecule has 84 valence electrons. The lowest BCUT2D eigenvalue weighted by Crippen LogP contribution is -2.27. The van der Waals surface area contributed by atoms with Crippen molar-refractivity contribution in [3.8, 4) is 0 Å². The number of hydrogen-bond acceptors (Lipinski definition) is 5. The summed E-state index contributed by atoms with van der Waals surface area (Å²) >= 11 is 6.99. The van der Waals surface area contributed by atoms with E-state index < -0.39 is 0 Å². The molecule has 0 saturated carbocycles. The van der Waals surface area contributed by atoms with Gasteiger partial charge in [0.05, 0.1) is 9.83 Å². The lowest BCUT2D eigenvalue weighted by molar-refractivity contribution is 0.652. The molecule has 2 aromatic rings. The molecule has 0 radical (unpaired) electrons. The molecule has 16 heavy (non-hydrogen) atoms. The van der Waals surface area contributed by atoms with Crippen LogP contribution in [0.5, 0.6) is 0 Å². The van der Waals surface area contributed by atoms with Crippen LogP contribution in [0.2, 0.25) is 0 Å². The number of thioether (sulfide) groups is 1. The Hall–Kier alpha value is -0.530. The molecule has 3 heterocycles. The van der Waals surface area contributed by atoms with Gasteiger partial charge >= 0.3 is 0 Å². The molecule has 2 aromatic heterocycles. The molecule has 0 spiro atoms. The van der Waals surface area contributed by atoms with Crippen molar-refractivity contribution in [2.45, 2.75) is 18.1 Å². The van der Waals surface area contributed by atoms with Gasteiger partial charge in [-0.15, -0.1) is 21.5 Å². The van der Waals surface area contributed by atoms with E-state index in [0.29, 0.717) is 6.04 Å². The maximum Gasteiger partial charge on any atom is 0.210 e. The average molecular weight is 317 g/mol. The second-order valence-corrected chi connectivity index (χ2v) is 6.98. The number of rotatable bonds is 1. The first kappa shape index (κ1) is 10.6. The molecule has 4 nitrogen and oxygen atoms in total. The van der Waals surface area contributed by atoms with Gasteiger partial charge in [-0.3, -0.25) is 0 Å². The van der Waals surface area contributed by atoms with Crippen LogP contribution in [0, 0.1) is 6.92 Å². The van der Waals surface area contributed by atoms with Crippen molar-refractivity contribution >= 4 is 39.0 Å². The Morgan fingerprint density at radius 1 is 1.50 bits per heavy atom. The van der Waals surface area contributed by atoms with E-state index in [0.717, 1.165) is 16.7 Å². The predicted octanol–water partition coefficient (Wildman–Crippen LogP) is 2.80. The van der Waals surface area contributed by atoms with Crippen LogP contribution in [0.1, 0.15) is 16.7 Å². The van der Waals surface area contributed by atoms with Crippen molar-refractivity contribution in [2.75, 3.05) is 11.2 Å². The summed E-state index contributed by atoms with van der Waals surface area (Å²) in [6.45, 7) is 1.96. The van der Waals surface area contributed by atoms with E-state index in [1.165, 1.54) is 8.66 Å². The highest BCUT2D eigenvalue weighted by molar-refractivity contribution is 9.11. The van der Waals surface area contributed by atoms with Crippen molar-refractivity contribution in [2.24, 2.45) is 0 Å². The highest BCUT2D eigenvalue weighted by atomic mass is 79.9. The zero-order chi connectivity index (χ0) is 11.1. The monoisotopic (exact) mass is 316 g/mol. The normalized spacial score (nSPS) is 19.2. The van der Waals surface area contributed by atoms with Gasteiger partial charge in [-0.2, -0.15) is 0 Å². The third-order valence-corrected chi connectivity index (χ3v) is 5.16. The zero-order valence-corrected chi connectivity index (χ0v) is 11.7. The zero-order valence-electron chi connectivity index (χ0n) is 8.48. The SMILES string of the molecule is Cc1nnc2n1NC(c1ccc(Br)s1)CS2.